The van der Waals surface area contributed by atoms with Crippen LogP contribution in [0.2, 0.25) is 0 Å². The van der Waals surface area contributed by atoms with Gasteiger partial charge in [0.25, 0.3) is 0 Å². The van der Waals surface area contributed by atoms with Gasteiger partial charge in [0.1, 0.15) is 6.04 Å². The van der Waals surface area contributed by atoms with Gasteiger partial charge in [-0.15, -0.1) is 11.8 Å². The maximum Gasteiger partial charge on any atom is 0.245 e. The molecule has 0 saturated carbocycles. The lowest BCUT2D eigenvalue weighted by molar-refractivity contribution is -0.121. The van der Waals surface area contributed by atoms with Crippen molar-refractivity contribution in [2.24, 2.45) is 4.99 Å². The number of hydrogen-bond acceptors (Lipinski definition) is 5. The molecule has 0 aromatic heterocycles. The van der Waals surface area contributed by atoms with Gasteiger partial charge in [0.15, 0.2) is 0 Å². The lowest BCUT2D eigenvalue weighted by Gasteiger charge is -2.08. The number of benzene rings is 1. The minimum atomic E-state index is -0.302. The first-order valence-corrected chi connectivity index (χ1v) is 8.02. The number of aliphatic imine (C=N–C) groups is 1. The molecule has 0 saturated heterocycles. The van der Waals surface area contributed by atoms with E-state index in [-0.39, 0.29) is 18.6 Å². The van der Waals surface area contributed by atoms with Crippen molar-refractivity contribution in [2.45, 2.75) is 12.5 Å². The molecule has 1 unspecified atom stereocenters. The van der Waals surface area contributed by atoms with E-state index >= 15 is 0 Å². The van der Waals surface area contributed by atoms with E-state index in [4.69, 9.17) is 9.84 Å². The molecule has 0 bridgehead atoms. The third-order valence-electron chi connectivity index (χ3n) is 2.97. The van der Waals surface area contributed by atoms with Crippen LogP contribution in [0.15, 0.2) is 35.3 Å². The van der Waals surface area contributed by atoms with E-state index in [0.717, 1.165) is 17.0 Å². The largest absolute Gasteiger partial charge is 0.394 e. The molecule has 2 N–H and O–H groups in total. The van der Waals surface area contributed by atoms with E-state index in [0.29, 0.717) is 25.5 Å². The van der Waals surface area contributed by atoms with Crippen molar-refractivity contribution >= 4 is 22.7 Å². The van der Waals surface area contributed by atoms with Crippen LogP contribution >= 0.6 is 11.8 Å². The number of aliphatic hydroxyl groups excluding tert-OH is 1. The summed E-state index contributed by atoms with van der Waals surface area (Å²) in [6, 6.07) is 9.61. The number of thioether (sulfide) groups is 1. The molecule has 1 amide bonds. The van der Waals surface area contributed by atoms with Gasteiger partial charge in [0.05, 0.1) is 18.3 Å². The van der Waals surface area contributed by atoms with Crippen molar-refractivity contribution in [3.8, 4) is 0 Å². The summed E-state index contributed by atoms with van der Waals surface area (Å²) < 4.78 is 5.13. The van der Waals surface area contributed by atoms with Crippen molar-refractivity contribution in [1.29, 1.82) is 0 Å². The number of amides is 1. The highest BCUT2D eigenvalue weighted by Gasteiger charge is 2.25. The molecule has 21 heavy (non-hydrogen) atoms. The van der Waals surface area contributed by atoms with E-state index in [1.54, 1.807) is 11.8 Å². The Balaban J connectivity index is 1.73. The van der Waals surface area contributed by atoms with Gasteiger partial charge in [-0.3, -0.25) is 9.79 Å². The molecule has 1 aromatic carbocycles. The van der Waals surface area contributed by atoms with Crippen LogP contribution in [-0.2, 0) is 9.53 Å². The van der Waals surface area contributed by atoms with Crippen LogP contribution in [0.1, 0.15) is 12.0 Å². The van der Waals surface area contributed by atoms with Gasteiger partial charge in [-0.1, -0.05) is 30.3 Å². The second-order valence-corrected chi connectivity index (χ2v) is 5.62. The maximum atomic E-state index is 12.0. The zero-order valence-electron chi connectivity index (χ0n) is 11.8. The smallest absolute Gasteiger partial charge is 0.245 e. The number of ether oxygens (including phenoxy) is 1. The zero-order chi connectivity index (χ0) is 14.9. The number of carbonyl (C=O) groups excluding carboxylic acids is 1. The Bertz CT molecular complexity index is 479. The number of rotatable bonds is 8. The standard InChI is InChI=1S/C15H20N2O3S/c18-8-10-20-9-4-7-16-14(19)13-11-21-15(17-13)12-5-2-1-3-6-12/h1-3,5-6,13,18H,4,7-11H2,(H,16,19). The summed E-state index contributed by atoms with van der Waals surface area (Å²) >= 11 is 1.62. The predicted octanol–water partition coefficient (Wildman–Crippen LogP) is 1.06. The summed E-state index contributed by atoms with van der Waals surface area (Å²) in [6.45, 7) is 1.49. The molecule has 114 valence electrons. The second kappa shape index (κ2) is 8.81. The number of nitrogens with zero attached hydrogens (tertiary/aromatic N) is 1. The average Bonchev–Trinajstić information content (AvgIpc) is 3.01. The Labute approximate surface area is 128 Å². The lowest BCUT2D eigenvalue weighted by Crippen LogP contribution is -2.34. The summed E-state index contributed by atoms with van der Waals surface area (Å²) in [4.78, 5) is 16.5. The van der Waals surface area contributed by atoms with Crippen LogP contribution < -0.4 is 5.32 Å². The molecule has 1 atom stereocenters. The third kappa shape index (κ3) is 5.15. The number of nitrogens with one attached hydrogen (secondary N) is 1. The van der Waals surface area contributed by atoms with Crippen LogP contribution in [0.5, 0.6) is 0 Å². The second-order valence-electron chi connectivity index (χ2n) is 4.61. The van der Waals surface area contributed by atoms with Crippen LogP contribution in [0.25, 0.3) is 0 Å². The first-order chi connectivity index (χ1) is 10.3. The summed E-state index contributed by atoms with van der Waals surface area (Å²) in [7, 11) is 0. The average molecular weight is 308 g/mol. The summed E-state index contributed by atoms with van der Waals surface area (Å²) in [5.41, 5.74) is 1.07. The van der Waals surface area contributed by atoms with Crippen molar-refractivity contribution in [1.82, 2.24) is 5.32 Å². The van der Waals surface area contributed by atoms with Gasteiger partial charge in [0, 0.05) is 24.5 Å². The van der Waals surface area contributed by atoms with Crippen molar-refractivity contribution in [3.05, 3.63) is 35.9 Å². The number of hydrogen-bond donors (Lipinski definition) is 2. The molecule has 1 aliphatic rings. The minimum absolute atomic E-state index is 0.0304. The van der Waals surface area contributed by atoms with Crippen LogP contribution in [0.3, 0.4) is 0 Å². The van der Waals surface area contributed by atoms with Gasteiger partial charge < -0.3 is 15.2 Å². The molecule has 2 rings (SSSR count). The topological polar surface area (TPSA) is 70.9 Å². The van der Waals surface area contributed by atoms with Crippen LogP contribution in [0, 0.1) is 0 Å². The summed E-state index contributed by atoms with van der Waals surface area (Å²) in [5.74, 6) is 0.660. The molecule has 0 spiro atoms. The highest BCUT2D eigenvalue weighted by Crippen LogP contribution is 2.23. The molecule has 1 aliphatic heterocycles. The fraction of sp³-hybridized carbons (Fsp3) is 0.467. The fourth-order valence-electron chi connectivity index (χ4n) is 1.92. The van der Waals surface area contributed by atoms with Crippen LogP contribution in [-0.4, -0.2) is 54.2 Å². The van der Waals surface area contributed by atoms with E-state index in [1.165, 1.54) is 0 Å². The van der Waals surface area contributed by atoms with Gasteiger partial charge in [-0.05, 0) is 6.42 Å². The minimum Gasteiger partial charge on any atom is -0.394 e. The van der Waals surface area contributed by atoms with Gasteiger partial charge >= 0.3 is 0 Å². The molecule has 6 heteroatoms. The van der Waals surface area contributed by atoms with Crippen molar-refractivity contribution < 1.29 is 14.6 Å². The highest BCUT2D eigenvalue weighted by molar-refractivity contribution is 8.14. The van der Waals surface area contributed by atoms with Gasteiger partial charge in [-0.25, -0.2) is 0 Å². The Morgan fingerprint density at radius 1 is 1.38 bits per heavy atom. The summed E-state index contributed by atoms with van der Waals surface area (Å²) in [5, 5.41) is 12.4. The van der Waals surface area contributed by atoms with Gasteiger partial charge in [0.2, 0.25) is 5.91 Å². The first kappa shape index (κ1) is 16.0. The quantitative estimate of drug-likeness (QED) is 0.705. The molecule has 1 heterocycles. The Hall–Kier alpha value is -1.37. The highest BCUT2D eigenvalue weighted by atomic mass is 32.2. The Morgan fingerprint density at radius 3 is 2.95 bits per heavy atom. The molecule has 5 nitrogen and oxygen atoms in total. The molecule has 0 radical (unpaired) electrons. The lowest BCUT2D eigenvalue weighted by atomic mass is 10.2. The van der Waals surface area contributed by atoms with Crippen molar-refractivity contribution in [3.63, 3.8) is 0 Å². The SMILES string of the molecule is O=C(NCCCOCCO)C1CSC(c2ccccc2)=N1. The van der Waals surface area contributed by atoms with E-state index in [1.807, 2.05) is 30.3 Å². The van der Waals surface area contributed by atoms with E-state index in [9.17, 15) is 4.79 Å². The molecule has 0 aliphatic carbocycles. The van der Waals surface area contributed by atoms with Crippen LogP contribution in [0.4, 0.5) is 0 Å². The predicted molar refractivity (Wildman–Crippen MR) is 84.8 cm³/mol. The first-order valence-electron chi connectivity index (χ1n) is 7.03. The third-order valence-corrected chi connectivity index (χ3v) is 4.07. The molecular formula is C15H20N2O3S. The number of carbonyl (C=O) groups is 1. The van der Waals surface area contributed by atoms with E-state index < -0.39 is 0 Å². The normalized spacial score (nSPS) is 17.6. The molecular weight excluding hydrogens is 288 g/mol. The summed E-state index contributed by atoms with van der Waals surface area (Å²) in [6.07, 6.45) is 0.737. The Morgan fingerprint density at radius 2 is 2.19 bits per heavy atom. The molecule has 0 fully saturated rings. The van der Waals surface area contributed by atoms with E-state index in [2.05, 4.69) is 10.3 Å². The monoisotopic (exact) mass is 308 g/mol. The fourth-order valence-corrected chi connectivity index (χ4v) is 2.96. The van der Waals surface area contributed by atoms with Crippen molar-refractivity contribution in [2.75, 3.05) is 32.1 Å². The Kier molecular flexibility index (Phi) is 6.72. The van der Waals surface area contributed by atoms with Gasteiger partial charge in [-0.2, -0.15) is 0 Å². The number of aliphatic hydroxyl groups is 1. The zero-order valence-corrected chi connectivity index (χ0v) is 12.6. The molecule has 1 aromatic rings. The maximum absolute atomic E-state index is 12.0.